The first kappa shape index (κ1) is 25.9. The van der Waals surface area contributed by atoms with Crippen molar-refractivity contribution in [2.45, 2.75) is 78.3 Å². The number of aromatic nitrogens is 7. The molecule has 0 saturated heterocycles. The molecule has 2 N–H and O–H groups in total. The summed E-state index contributed by atoms with van der Waals surface area (Å²) in [5.74, 6) is 0.926. The van der Waals surface area contributed by atoms with Gasteiger partial charge in [0.05, 0.1) is 23.3 Å². The minimum Gasteiger partial charge on any atom is -0.341 e. The summed E-state index contributed by atoms with van der Waals surface area (Å²) < 4.78 is 7.26. The number of aryl methyl sites for hydroxylation is 1. The van der Waals surface area contributed by atoms with Gasteiger partial charge in [-0.05, 0) is 62.8 Å². The summed E-state index contributed by atoms with van der Waals surface area (Å²) in [6.45, 7) is 12.2. The number of amides is 1. The number of fused-ring (bicyclic) bond motifs is 2. The Hall–Kier alpha value is -4.34. The van der Waals surface area contributed by atoms with E-state index in [0.717, 1.165) is 58.6 Å². The van der Waals surface area contributed by atoms with Crippen LogP contribution in [0, 0.1) is 6.92 Å². The number of hydrogen-bond donors (Lipinski definition) is 2. The van der Waals surface area contributed by atoms with Gasteiger partial charge in [0.1, 0.15) is 5.82 Å². The average Bonchev–Trinajstić information content (AvgIpc) is 3.66. The first-order chi connectivity index (χ1) is 19.1. The predicted octanol–water partition coefficient (Wildman–Crippen LogP) is 5.87. The number of carbonyl (C=O) groups is 1. The number of nitrogens with one attached hydrogen (secondary N) is 2. The Balaban J connectivity index is 1.29. The maximum Gasteiger partial charge on any atom is 0.315 e. The molecular weight excluding hydrogens is 504 g/mol. The van der Waals surface area contributed by atoms with Crippen LogP contribution in [0.1, 0.15) is 92.9 Å². The fourth-order valence-corrected chi connectivity index (χ4v) is 5.43. The summed E-state index contributed by atoms with van der Waals surface area (Å²) in [5, 5.41) is 11.6. The minimum atomic E-state index is -0.346. The van der Waals surface area contributed by atoms with Crippen molar-refractivity contribution in [2.24, 2.45) is 0 Å². The number of pyridine rings is 1. The number of aromatic amines is 1. The molecule has 5 aromatic rings. The summed E-state index contributed by atoms with van der Waals surface area (Å²) >= 11 is 0. The van der Waals surface area contributed by atoms with Gasteiger partial charge in [0.15, 0.2) is 11.5 Å². The van der Waals surface area contributed by atoms with Crippen LogP contribution in [0.25, 0.3) is 33.7 Å². The topological polar surface area (TPSA) is 127 Å². The number of rotatable bonds is 5. The number of imidazole rings is 1. The summed E-state index contributed by atoms with van der Waals surface area (Å²) in [7, 11) is 0. The molecule has 0 bridgehead atoms. The van der Waals surface area contributed by atoms with Crippen LogP contribution in [0.4, 0.5) is 0 Å². The van der Waals surface area contributed by atoms with Gasteiger partial charge < -0.3 is 14.8 Å². The average molecular weight is 539 g/mol. The predicted molar refractivity (Wildman–Crippen MR) is 152 cm³/mol. The van der Waals surface area contributed by atoms with E-state index in [1.54, 1.807) is 6.20 Å². The second-order valence-corrected chi connectivity index (χ2v) is 11.8. The molecule has 40 heavy (non-hydrogen) atoms. The number of benzene rings is 1. The molecule has 0 fully saturated rings. The molecule has 1 amide bonds. The summed E-state index contributed by atoms with van der Waals surface area (Å²) in [6.07, 6.45) is 6.42. The van der Waals surface area contributed by atoms with E-state index in [2.05, 4.69) is 69.5 Å². The Morgan fingerprint density at radius 3 is 2.73 bits per heavy atom. The van der Waals surface area contributed by atoms with Gasteiger partial charge in [-0.2, -0.15) is 10.1 Å². The van der Waals surface area contributed by atoms with Gasteiger partial charge in [0, 0.05) is 28.9 Å². The van der Waals surface area contributed by atoms with Crippen molar-refractivity contribution in [1.29, 1.82) is 0 Å². The molecule has 0 radical (unpaired) electrons. The van der Waals surface area contributed by atoms with Gasteiger partial charge in [0.2, 0.25) is 0 Å². The van der Waals surface area contributed by atoms with E-state index >= 15 is 0 Å². The fraction of sp³-hybridized carbons (Fsp3) is 0.400. The molecule has 0 saturated carbocycles. The van der Waals surface area contributed by atoms with E-state index in [4.69, 9.17) is 9.51 Å². The molecule has 1 atom stereocenters. The lowest BCUT2D eigenvalue weighted by atomic mass is 9.85. The number of H-pyrrole nitrogens is 1. The van der Waals surface area contributed by atoms with E-state index in [9.17, 15) is 4.79 Å². The molecule has 1 aliphatic rings. The van der Waals surface area contributed by atoms with Crippen molar-refractivity contribution in [1.82, 2.24) is 40.2 Å². The van der Waals surface area contributed by atoms with E-state index in [0.29, 0.717) is 11.5 Å². The highest BCUT2D eigenvalue weighted by Crippen LogP contribution is 2.35. The van der Waals surface area contributed by atoms with Crippen LogP contribution in [0.5, 0.6) is 0 Å². The largest absolute Gasteiger partial charge is 0.341 e. The molecule has 4 aromatic heterocycles. The van der Waals surface area contributed by atoms with Gasteiger partial charge in [-0.1, -0.05) is 44.1 Å². The Labute approximate surface area is 232 Å². The highest BCUT2D eigenvalue weighted by atomic mass is 16.5. The van der Waals surface area contributed by atoms with Crippen LogP contribution in [-0.2, 0) is 11.8 Å². The van der Waals surface area contributed by atoms with Gasteiger partial charge in [-0.25, -0.2) is 9.97 Å². The molecule has 6 rings (SSSR count). The third kappa shape index (κ3) is 4.57. The Morgan fingerprint density at radius 2 is 2.00 bits per heavy atom. The van der Waals surface area contributed by atoms with Crippen molar-refractivity contribution >= 4 is 17.1 Å². The van der Waals surface area contributed by atoms with Gasteiger partial charge in [0.25, 0.3) is 0 Å². The highest BCUT2D eigenvalue weighted by Gasteiger charge is 2.28. The molecule has 0 spiro atoms. The van der Waals surface area contributed by atoms with Crippen molar-refractivity contribution in [3.05, 3.63) is 65.2 Å². The Morgan fingerprint density at radius 1 is 1.18 bits per heavy atom. The summed E-state index contributed by atoms with van der Waals surface area (Å²) in [6, 6.07) is 8.60. The Bertz CT molecular complexity index is 1720. The summed E-state index contributed by atoms with van der Waals surface area (Å²) in [4.78, 5) is 30.1. The normalized spacial score (nSPS) is 15.5. The standard InChI is InChI=1S/C30H34N8O2/c1-16(2)38-17(3)22(15-32-38)25-34-24-21(12-13-31-26(24)35-25)19-10-11-20-18(14-19)8-7-9-23(20)33-27(39)28-36-29(37-40-28)30(4,5)6/h10-16,23H,7-9H2,1-6H3,(H,33,39)(H,31,34,35)/t23-/m1/s1. The quantitative estimate of drug-likeness (QED) is 0.287. The maximum absolute atomic E-state index is 12.9. The second-order valence-electron chi connectivity index (χ2n) is 11.8. The van der Waals surface area contributed by atoms with Gasteiger partial charge >= 0.3 is 11.8 Å². The Kier molecular flexibility index (Phi) is 6.28. The first-order valence-electron chi connectivity index (χ1n) is 13.8. The van der Waals surface area contributed by atoms with Crippen LogP contribution < -0.4 is 5.32 Å². The lowest BCUT2D eigenvalue weighted by Gasteiger charge is -2.26. The molecule has 1 aromatic carbocycles. The van der Waals surface area contributed by atoms with Crippen molar-refractivity contribution in [3.63, 3.8) is 0 Å². The SMILES string of the molecule is Cc1c(-c2nc3nccc(-c4ccc5c(c4)CCC[C@H]5NC(=O)c4nc(C(C)(C)C)no4)c3[nH]2)cnn1C(C)C. The van der Waals surface area contributed by atoms with Crippen LogP contribution in [0.3, 0.4) is 0 Å². The number of hydrogen-bond acceptors (Lipinski definition) is 7. The molecule has 4 heterocycles. The van der Waals surface area contributed by atoms with Gasteiger partial charge in [-0.3, -0.25) is 9.48 Å². The molecular formula is C30H34N8O2. The zero-order valence-corrected chi connectivity index (χ0v) is 23.7. The zero-order chi connectivity index (χ0) is 28.2. The van der Waals surface area contributed by atoms with Crippen LogP contribution in [-0.4, -0.2) is 40.8 Å². The van der Waals surface area contributed by atoms with Crippen LogP contribution in [0.2, 0.25) is 0 Å². The van der Waals surface area contributed by atoms with E-state index < -0.39 is 0 Å². The third-order valence-electron chi connectivity index (χ3n) is 7.55. The second kappa shape index (κ2) is 9.69. The van der Waals surface area contributed by atoms with Crippen molar-refractivity contribution in [2.75, 3.05) is 0 Å². The molecule has 0 aliphatic heterocycles. The highest BCUT2D eigenvalue weighted by molar-refractivity contribution is 5.92. The lowest BCUT2D eigenvalue weighted by Crippen LogP contribution is -2.31. The third-order valence-corrected chi connectivity index (χ3v) is 7.55. The summed E-state index contributed by atoms with van der Waals surface area (Å²) in [5.41, 5.74) is 7.74. The molecule has 0 unspecified atom stereocenters. The van der Waals surface area contributed by atoms with E-state index in [1.807, 2.05) is 37.7 Å². The molecule has 1 aliphatic carbocycles. The van der Waals surface area contributed by atoms with Crippen molar-refractivity contribution in [3.8, 4) is 22.5 Å². The van der Waals surface area contributed by atoms with Crippen LogP contribution >= 0.6 is 0 Å². The lowest BCUT2D eigenvalue weighted by molar-refractivity contribution is 0.0888. The molecule has 10 heteroatoms. The molecule has 206 valence electrons. The maximum atomic E-state index is 12.9. The fourth-order valence-electron chi connectivity index (χ4n) is 5.43. The smallest absolute Gasteiger partial charge is 0.315 e. The van der Waals surface area contributed by atoms with Crippen LogP contribution in [0.15, 0.2) is 41.2 Å². The van der Waals surface area contributed by atoms with Crippen molar-refractivity contribution < 1.29 is 9.32 Å². The molecule has 10 nitrogen and oxygen atoms in total. The van der Waals surface area contributed by atoms with E-state index in [-0.39, 0.29) is 29.3 Å². The van der Waals surface area contributed by atoms with Gasteiger partial charge in [-0.15, -0.1) is 0 Å². The number of nitrogens with zero attached hydrogens (tertiary/aromatic N) is 6. The number of carbonyl (C=O) groups excluding carboxylic acids is 1. The zero-order valence-electron chi connectivity index (χ0n) is 23.7. The minimum absolute atomic E-state index is 0.00271. The monoisotopic (exact) mass is 538 g/mol. The van der Waals surface area contributed by atoms with E-state index in [1.165, 1.54) is 5.56 Å². The first-order valence-corrected chi connectivity index (χ1v) is 13.8.